The molecule has 0 atom stereocenters. The van der Waals surface area contributed by atoms with Gasteiger partial charge in [-0.25, -0.2) is 8.42 Å². The number of nitrogens with zero attached hydrogens (tertiary/aromatic N) is 2. The summed E-state index contributed by atoms with van der Waals surface area (Å²) in [5.74, 6) is 0.0129. The third-order valence-electron chi connectivity index (χ3n) is 4.30. The third kappa shape index (κ3) is 5.43. The van der Waals surface area contributed by atoms with Gasteiger partial charge in [0.2, 0.25) is 5.13 Å². The summed E-state index contributed by atoms with van der Waals surface area (Å²) < 4.78 is 28.2. The van der Waals surface area contributed by atoms with Gasteiger partial charge >= 0.3 is 0 Å². The van der Waals surface area contributed by atoms with Gasteiger partial charge in [-0.1, -0.05) is 43.4 Å². The second-order valence-corrected chi connectivity index (χ2v) is 10.2. The molecule has 0 unspecified atom stereocenters. The summed E-state index contributed by atoms with van der Waals surface area (Å²) in [7, 11) is -3.84. The van der Waals surface area contributed by atoms with Crippen molar-refractivity contribution in [1.29, 1.82) is 0 Å². The lowest BCUT2D eigenvalue weighted by atomic mass is 10.1. The van der Waals surface area contributed by atoms with E-state index in [1.165, 1.54) is 23.5 Å². The van der Waals surface area contributed by atoms with Gasteiger partial charge < -0.3 is 0 Å². The summed E-state index contributed by atoms with van der Waals surface area (Å²) >= 11 is 1.32. The maximum Gasteiger partial charge on any atom is 0.261 e. The molecule has 0 fully saturated rings. The van der Waals surface area contributed by atoms with Gasteiger partial charge in [0.05, 0.1) is 4.90 Å². The predicted molar refractivity (Wildman–Crippen MR) is 120 cm³/mol. The molecule has 0 aliphatic heterocycles. The summed E-state index contributed by atoms with van der Waals surface area (Å²) in [5.41, 5.74) is 2.33. The van der Waals surface area contributed by atoms with Crippen LogP contribution in [0.4, 0.5) is 10.8 Å². The van der Waals surface area contributed by atoms with Crippen molar-refractivity contribution in [3.05, 3.63) is 64.2 Å². The van der Waals surface area contributed by atoms with E-state index in [2.05, 4.69) is 34.1 Å². The van der Waals surface area contributed by atoms with E-state index >= 15 is 0 Å². The molecule has 7 nitrogen and oxygen atoms in total. The van der Waals surface area contributed by atoms with Gasteiger partial charge in [-0.15, -0.1) is 10.2 Å². The topological polar surface area (TPSA) is 101 Å². The number of carbonyl (C=O) groups is 1. The molecule has 1 aromatic heterocycles. The standard InChI is InChI=1S/C21H24N4O3S2/c1-13(2)10-19-23-24-21(29-19)22-20(26)18-12-17(9-8-15(18)4)30(27,28)25-16-7-5-6-14(3)11-16/h5-9,11-13,25H,10H2,1-4H3,(H,22,24,26). The van der Waals surface area contributed by atoms with Crippen LogP contribution < -0.4 is 10.0 Å². The summed E-state index contributed by atoms with van der Waals surface area (Å²) in [6.45, 7) is 7.80. The fourth-order valence-electron chi connectivity index (χ4n) is 2.84. The van der Waals surface area contributed by atoms with Crippen molar-refractivity contribution in [3.8, 4) is 0 Å². The zero-order valence-electron chi connectivity index (χ0n) is 17.3. The minimum atomic E-state index is -3.84. The maximum absolute atomic E-state index is 12.8. The first-order chi connectivity index (χ1) is 14.1. The second kappa shape index (κ2) is 8.93. The quantitative estimate of drug-likeness (QED) is 0.562. The molecule has 0 aliphatic carbocycles. The second-order valence-electron chi connectivity index (χ2n) is 7.50. The highest BCUT2D eigenvalue weighted by Gasteiger charge is 2.19. The predicted octanol–water partition coefficient (Wildman–Crippen LogP) is 4.41. The van der Waals surface area contributed by atoms with Crippen molar-refractivity contribution in [2.45, 2.75) is 39.0 Å². The van der Waals surface area contributed by atoms with E-state index in [1.807, 2.05) is 13.0 Å². The number of rotatable bonds is 7. The minimum absolute atomic E-state index is 0.0116. The Morgan fingerprint density at radius 3 is 2.57 bits per heavy atom. The number of benzene rings is 2. The molecule has 0 saturated heterocycles. The van der Waals surface area contributed by atoms with Crippen LogP contribution in [-0.2, 0) is 16.4 Å². The van der Waals surface area contributed by atoms with Crippen molar-refractivity contribution >= 4 is 38.1 Å². The highest BCUT2D eigenvalue weighted by atomic mass is 32.2. The first-order valence-electron chi connectivity index (χ1n) is 9.48. The molecule has 0 saturated carbocycles. The number of sulfonamides is 1. The van der Waals surface area contributed by atoms with Gasteiger partial charge in [-0.3, -0.25) is 14.8 Å². The summed E-state index contributed by atoms with van der Waals surface area (Å²) in [6.07, 6.45) is 0.783. The molecule has 30 heavy (non-hydrogen) atoms. The summed E-state index contributed by atoms with van der Waals surface area (Å²) in [6, 6.07) is 11.5. The van der Waals surface area contributed by atoms with E-state index in [4.69, 9.17) is 0 Å². The van der Waals surface area contributed by atoms with Gasteiger partial charge in [0, 0.05) is 17.7 Å². The van der Waals surface area contributed by atoms with Crippen LogP contribution in [0.1, 0.15) is 40.3 Å². The van der Waals surface area contributed by atoms with E-state index in [0.717, 1.165) is 17.0 Å². The fraction of sp³-hybridized carbons (Fsp3) is 0.286. The minimum Gasteiger partial charge on any atom is -0.296 e. The monoisotopic (exact) mass is 444 g/mol. The number of anilines is 2. The molecule has 0 aliphatic rings. The molecule has 0 radical (unpaired) electrons. The van der Waals surface area contributed by atoms with Gasteiger partial charge in [0.1, 0.15) is 5.01 Å². The van der Waals surface area contributed by atoms with E-state index < -0.39 is 15.9 Å². The molecule has 1 amide bonds. The van der Waals surface area contributed by atoms with Gasteiger partial charge in [0.25, 0.3) is 15.9 Å². The molecule has 2 aromatic carbocycles. The van der Waals surface area contributed by atoms with Crippen LogP contribution >= 0.6 is 11.3 Å². The largest absolute Gasteiger partial charge is 0.296 e. The Morgan fingerprint density at radius 1 is 1.10 bits per heavy atom. The highest BCUT2D eigenvalue weighted by molar-refractivity contribution is 7.92. The molecule has 158 valence electrons. The molecule has 2 N–H and O–H groups in total. The average Bonchev–Trinajstić information content (AvgIpc) is 3.07. The molecule has 3 aromatic rings. The van der Waals surface area contributed by atoms with E-state index in [9.17, 15) is 13.2 Å². The lowest BCUT2D eigenvalue weighted by Gasteiger charge is -2.11. The smallest absolute Gasteiger partial charge is 0.261 e. The lowest BCUT2D eigenvalue weighted by molar-refractivity contribution is 0.102. The Hall–Kier alpha value is -2.78. The van der Waals surface area contributed by atoms with Crippen molar-refractivity contribution in [3.63, 3.8) is 0 Å². The number of aromatic nitrogens is 2. The SMILES string of the molecule is Cc1cccc(NS(=O)(=O)c2ccc(C)c(C(=O)Nc3nnc(CC(C)C)s3)c2)c1. The average molecular weight is 445 g/mol. The Bertz CT molecular complexity index is 1170. The first-order valence-corrected chi connectivity index (χ1v) is 11.8. The Labute approximate surface area is 180 Å². The first kappa shape index (κ1) is 21.9. The zero-order chi connectivity index (χ0) is 21.9. The van der Waals surface area contributed by atoms with E-state index in [-0.39, 0.29) is 10.5 Å². The Kier molecular flexibility index (Phi) is 6.52. The number of nitrogens with one attached hydrogen (secondary N) is 2. The lowest BCUT2D eigenvalue weighted by Crippen LogP contribution is -2.17. The van der Waals surface area contributed by atoms with Crippen LogP contribution in [0.3, 0.4) is 0 Å². The van der Waals surface area contributed by atoms with Crippen LogP contribution in [0.5, 0.6) is 0 Å². The Morgan fingerprint density at radius 2 is 1.87 bits per heavy atom. The number of amides is 1. The van der Waals surface area contributed by atoms with Gasteiger partial charge in [0.15, 0.2) is 0 Å². The molecule has 3 rings (SSSR count). The molecular weight excluding hydrogens is 420 g/mol. The summed E-state index contributed by atoms with van der Waals surface area (Å²) in [5, 5.41) is 12.0. The zero-order valence-corrected chi connectivity index (χ0v) is 18.9. The van der Waals surface area contributed by atoms with Crippen molar-refractivity contribution in [2.24, 2.45) is 5.92 Å². The molecule has 0 bridgehead atoms. The maximum atomic E-state index is 12.8. The molecule has 1 heterocycles. The van der Waals surface area contributed by atoms with Crippen LogP contribution in [0.25, 0.3) is 0 Å². The van der Waals surface area contributed by atoms with Gasteiger partial charge in [-0.05, 0) is 55.2 Å². The van der Waals surface area contributed by atoms with E-state index in [0.29, 0.717) is 22.3 Å². The number of aryl methyl sites for hydroxylation is 2. The number of hydrogen-bond acceptors (Lipinski definition) is 6. The molecule has 0 spiro atoms. The van der Waals surface area contributed by atoms with Crippen molar-refractivity contribution < 1.29 is 13.2 Å². The van der Waals surface area contributed by atoms with Gasteiger partial charge in [-0.2, -0.15) is 0 Å². The van der Waals surface area contributed by atoms with Crippen molar-refractivity contribution in [1.82, 2.24) is 10.2 Å². The number of carbonyl (C=O) groups excluding carboxylic acids is 1. The number of hydrogen-bond donors (Lipinski definition) is 2. The van der Waals surface area contributed by atoms with Crippen LogP contribution in [0, 0.1) is 19.8 Å². The van der Waals surface area contributed by atoms with E-state index in [1.54, 1.807) is 31.2 Å². The summed E-state index contributed by atoms with van der Waals surface area (Å²) in [4.78, 5) is 12.8. The molecular formula is C21H24N4O3S2. The third-order valence-corrected chi connectivity index (χ3v) is 6.54. The van der Waals surface area contributed by atoms with Crippen LogP contribution in [0.15, 0.2) is 47.4 Å². The highest BCUT2D eigenvalue weighted by Crippen LogP contribution is 2.23. The molecule has 9 heteroatoms. The Balaban J connectivity index is 1.82. The van der Waals surface area contributed by atoms with Crippen molar-refractivity contribution in [2.75, 3.05) is 10.0 Å². The van der Waals surface area contributed by atoms with Crippen LogP contribution in [-0.4, -0.2) is 24.5 Å². The fourth-order valence-corrected chi connectivity index (χ4v) is 4.86. The normalized spacial score (nSPS) is 11.5. The van der Waals surface area contributed by atoms with Crippen LogP contribution in [0.2, 0.25) is 0 Å².